The maximum absolute atomic E-state index is 10.1. The van der Waals surface area contributed by atoms with E-state index in [-0.39, 0.29) is 10.8 Å². The van der Waals surface area contributed by atoms with Crippen LogP contribution >= 0.6 is 0 Å². The third kappa shape index (κ3) is 5.52. The molecule has 9 aromatic rings. The number of benzene rings is 9. The van der Waals surface area contributed by atoms with Crippen molar-refractivity contribution in [3.63, 3.8) is 0 Å². The van der Waals surface area contributed by atoms with E-state index in [9.17, 15) is 10.5 Å². The Morgan fingerprint density at radius 1 is 0.328 bits per heavy atom. The van der Waals surface area contributed by atoms with Gasteiger partial charge in [-0.1, -0.05) is 139 Å². The summed E-state index contributed by atoms with van der Waals surface area (Å²) in [5, 5.41) is 29.0. The van der Waals surface area contributed by atoms with E-state index in [2.05, 4.69) is 181 Å². The van der Waals surface area contributed by atoms with Gasteiger partial charge in [0, 0.05) is 0 Å². The third-order valence-corrected chi connectivity index (χ3v) is 12.4. The molecular weight excluding hydrogens is 701 g/mol. The minimum atomic E-state index is 0.0409. The van der Waals surface area contributed by atoms with Crippen molar-refractivity contribution in [2.24, 2.45) is 0 Å². The predicted octanol–water partition coefficient (Wildman–Crippen LogP) is 15.3. The van der Waals surface area contributed by atoms with Crippen molar-refractivity contribution in [1.29, 1.82) is 10.5 Å². The van der Waals surface area contributed by atoms with E-state index in [1.54, 1.807) is 0 Å². The Balaban J connectivity index is 1.29. The average molecular weight is 743 g/mol. The molecule has 0 heterocycles. The Morgan fingerprint density at radius 3 is 1.33 bits per heavy atom. The summed E-state index contributed by atoms with van der Waals surface area (Å²) in [4.78, 5) is 0. The lowest BCUT2D eigenvalue weighted by atomic mass is 9.83. The van der Waals surface area contributed by atoms with E-state index in [0.717, 1.165) is 33.0 Å². The SMILES string of the molecule is CC(C)(C)c1ccc(-c2cc3c4cc5c(cc4c(-c4ccc(C(C)(C)C)cc4)cc3c3ccc(C#N)cc23)-c2cccc3c(-c4ccc(C#N)cc4)ccc-5c23)cc1. The first-order chi connectivity index (χ1) is 27.9. The molecule has 276 valence electrons. The summed E-state index contributed by atoms with van der Waals surface area (Å²) in [6.07, 6.45) is 0. The fourth-order valence-corrected chi connectivity index (χ4v) is 9.22. The third-order valence-electron chi connectivity index (χ3n) is 12.4. The predicted molar refractivity (Wildman–Crippen MR) is 244 cm³/mol. The molecule has 0 aliphatic heterocycles. The zero-order valence-corrected chi connectivity index (χ0v) is 33.8. The average Bonchev–Trinajstić information content (AvgIpc) is 3.55. The van der Waals surface area contributed by atoms with Crippen LogP contribution in [0.2, 0.25) is 0 Å². The van der Waals surface area contributed by atoms with E-state index in [0.29, 0.717) is 11.1 Å². The molecule has 0 saturated heterocycles. The van der Waals surface area contributed by atoms with Gasteiger partial charge in [0.2, 0.25) is 0 Å². The van der Waals surface area contributed by atoms with Crippen molar-refractivity contribution < 1.29 is 0 Å². The van der Waals surface area contributed by atoms with Crippen LogP contribution in [0.15, 0.2) is 146 Å². The standard InChI is InChI=1S/C56H42N2/c1-55(2,3)38-19-15-36(16-20-38)45-28-52-48(41-23-12-34(32-58)26-47(41)45)27-46(37-17-21-39(22-18-37)56(4,5)6)51-29-49-43-9-7-8-42-40(35-13-10-33(31-57)11-14-35)24-25-44(54(42)43)50(49)30-53(51)52/h7-30H,1-6H3. The second kappa shape index (κ2) is 12.8. The van der Waals surface area contributed by atoms with Crippen LogP contribution in [-0.4, -0.2) is 0 Å². The Morgan fingerprint density at radius 2 is 0.759 bits per heavy atom. The Labute approximate surface area is 340 Å². The molecule has 0 N–H and O–H groups in total. The van der Waals surface area contributed by atoms with Gasteiger partial charge in [-0.3, -0.25) is 0 Å². The first kappa shape index (κ1) is 35.4. The van der Waals surface area contributed by atoms with Crippen molar-refractivity contribution in [3.8, 4) is 67.8 Å². The number of hydrogen-bond acceptors (Lipinski definition) is 2. The van der Waals surface area contributed by atoms with E-state index in [1.165, 1.54) is 76.8 Å². The van der Waals surface area contributed by atoms with Crippen LogP contribution in [0.4, 0.5) is 0 Å². The van der Waals surface area contributed by atoms with Crippen LogP contribution in [0.5, 0.6) is 0 Å². The zero-order chi connectivity index (χ0) is 40.1. The second-order valence-electron chi connectivity index (χ2n) is 18.0. The Bertz CT molecular complexity index is 3260. The van der Waals surface area contributed by atoms with Gasteiger partial charge in [0.15, 0.2) is 0 Å². The number of nitrogens with zero attached hydrogens (tertiary/aromatic N) is 2. The van der Waals surface area contributed by atoms with Gasteiger partial charge in [0.05, 0.1) is 23.3 Å². The van der Waals surface area contributed by atoms with Gasteiger partial charge in [-0.15, -0.1) is 0 Å². The molecule has 1 aliphatic carbocycles. The summed E-state index contributed by atoms with van der Waals surface area (Å²) in [6.45, 7) is 13.5. The molecule has 1 aliphatic rings. The van der Waals surface area contributed by atoms with E-state index >= 15 is 0 Å². The highest BCUT2D eigenvalue weighted by atomic mass is 14.3. The van der Waals surface area contributed by atoms with Crippen molar-refractivity contribution in [2.75, 3.05) is 0 Å². The molecule has 10 rings (SSSR count). The van der Waals surface area contributed by atoms with Gasteiger partial charge in [-0.05, 0) is 169 Å². The first-order valence-corrected chi connectivity index (χ1v) is 20.1. The Kier molecular flexibility index (Phi) is 7.79. The van der Waals surface area contributed by atoms with Crippen LogP contribution in [0.1, 0.15) is 63.8 Å². The van der Waals surface area contributed by atoms with Crippen molar-refractivity contribution in [3.05, 3.63) is 168 Å². The quantitative estimate of drug-likeness (QED) is 0.169. The topological polar surface area (TPSA) is 47.6 Å². The molecule has 58 heavy (non-hydrogen) atoms. The molecule has 2 heteroatoms. The van der Waals surface area contributed by atoms with Gasteiger partial charge < -0.3 is 0 Å². The van der Waals surface area contributed by atoms with Crippen LogP contribution in [-0.2, 0) is 10.8 Å². The molecular formula is C56H42N2. The largest absolute Gasteiger partial charge is 0.192 e. The molecule has 0 saturated carbocycles. The molecule has 0 fully saturated rings. The fourth-order valence-electron chi connectivity index (χ4n) is 9.22. The van der Waals surface area contributed by atoms with E-state index < -0.39 is 0 Å². The fraction of sp³-hybridized carbons (Fsp3) is 0.143. The van der Waals surface area contributed by atoms with Crippen LogP contribution in [0.3, 0.4) is 0 Å². The molecule has 0 radical (unpaired) electrons. The molecule has 0 bridgehead atoms. The van der Waals surface area contributed by atoms with Crippen LogP contribution in [0, 0.1) is 22.7 Å². The number of hydrogen-bond donors (Lipinski definition) is 0. The van der Waals surface area contributed by atoms with Crippen molar-refractivity contribution >= 4 is 43.1 Å². The van der Waals surface area contributed by atoms with Crippen molar-refractivity contribution in [2.45, 2.75) is 52.4 Å². The molecule has 0 atom stereocenters. The highest BCUT2D eigenvalue weighted by Crippen LogP contribution is 2.53. The summed E-state index contributed by atoms with van der Waals surface area (Å²) >= 11 is 0. The maximum atomic E-state index is 10.1. The lowest BCUT2D eigenvalue weighted by molar-refractivity contribution is 0.590. The lowest BCUT2D eigenvalue weighted by Gasteiger charge is -2.21. The Hall–Kier alpha value is -7.00. The first-order valence-electron chi connectivity index (χ1n) is 20.1. The maximum Gasteiger partial charge on any atom is 0.0991 e. The normalized spacial score (nSPS) is 12.3. The number of fused-ring (bicyclic) bond motifs is 8. The summed E-state index contributed by atoms with van der Waals surface area (Å²) in [7, 11) is 0. The summed E-state index contributed by atoms with van der Waals surface area (Å²) < 4.78 is 0. The van der Waals surface area contributed by atoms with Gasteiger partial charge in [0.1, 0.15) is 0 Å². The van der Waals surface area contributed by atoms with Gasteiger partial charge in [-0.2, -0.15) is 10.5 Å². The van der Waals surface area contributed by atoms with Crippen molar-refractivity contribution in [1.82, 2.24) is 0 Å². The van der Waals surface area contributed by atoms with E-state index in [4.69, 9.17) is 0 Å². The second-order valence-corrected chi connectivity index (χ2v) is 18.0. The summed E-state index contributed by atoms with van der Waals surface area (Å²) in [5.41, 5.74) is 15.9. The smallest absolute Gasteiger partial charge is 0.0991 e. The van der Waals surface area contributed by atoms with Gasteiger partial charge in [-0.25, -0.2) is 0 Å². The molecule has 0 aromatic heterocycles. The lowest BCUT2D eigenvalue weighted by Crippen LogP contribution is -2.10. The number of nitriles is 2. The highest BCUT2D eigenvalue weighted by molar-refractivity contribution is 6.27. The zero-order valence-electron chi connectivity index (χ0n) is 33.8. The minimum Gasteiger partial charge on any atom is -0.192 e. The van der Waals surface area contributed by atoms with Crippen LogP contribution < -0.4 is 0 Å². The number of rotatable bonds is 3. The van der Waals surface area contributed by atoms with Crippen LogP contribution in [0.25, 0.3) is 98.7 Å². The van der Waals surface area contributed by atoms with E-state index in [1.807, 2.05) is 18.2 Å². The molecule has 0 unspecified atom stereocenters. The minimum absolute atomic E-state index is 0.0409. The molecule has 9 aromatic carbocycles. The molecule has 0 amide bonds. The molecule has 0 spiro atoms. The monoisotopic (exact) mass is 742 g/mol. The van der Waals surface area contributed by atoms with Gasteiger partial charge >= 0.3 is 0 Å². The summed E-state index contributed by atoms with van der Waals surface area (Å²) in [6, 6.07) is 57.7. The van der Waals surface area contributed by atoms with Gasteiger partial charge in [0.25, 0.3) is 0 Å². The molecule has 2 nitrogen and oxygen atoms in total. The highest BCUT2D eigenvalue weighted by Gasteiger charge is 2.26. The summed E-state index contributed by atoms with van der Waals surface area (Å²) in [5.74, 6) is 0.